The molecule has 0 amide bonds. The third-order valence-corrected chi connectivity index (χ3v) is 7.76. The Kier molecular flexibility index (Phi) is 6.94. The van der Waals surface area contributed by atoms with Crippen LogP contribution in [0.2, 0.25) is 0 Å². The maximum absolute atomic E-state index is 13.1. The van der Waals surface area contributed by atoms with Crippen molar-refractivity contribution < 1.29 is 13.2 Å². The summed E-state index contributed by atoms with van der Waals surface area (Å²) in [5.41, 5.74) is 4.81. The van der Waals surface area contributed by atoms with Crippen LogP contribution in [0.15, 0.2) is 59.7 Å². The van der Waals surface area contributed by atoms with Gasteiger partial charge in [0.05, 0.1) is 11.5 Å². The number of carbonyl (C=O) groups excluding carboxylic acids is 1. The van der Waals surface area contributed by atoms with Crippen LogP contribution in [0.25, 0.3) is 12.2 Å². The quantitative estimate of drug-likeness (QED) is 0.521. The molecule has 1 fully saturated rings. The summed E-state index contributed by atoms with van der Waals surface area (Å²) in [4.78, 5) is 13.1. The number of sulfone groups is 1. The molecule has 3 nitrogen and oxygen atoms in total. The lowest BCUT2D eigenvalue weighted by molar-refractivity contribution is -0.112. The van der Waals surface area contributed by atoms with Crippen molar-refractivity contribution >= 4 is 27.8 Å². The monoisotopic (exact) mass is 450 g/mol. The van der Waals surface area contributed by atoms with Crippen molar-refractivity contribution in [2.24, 2.45) is 5.92 Å². The lowest BCUT2D eigenvalue weighted by atomic mass is 9.86. The summed E-state index contributed by atoms with van der Waals surface area (Å²) in [5, 5.41) is 0. The number of benzene rings is 2. The van der Waals surface area contributed by atoms with Crippen LogP contribution in [0.5, 0.6) is 0 Å². The molecule has 2 aromatic carbocycles. The molecule has 0 N–H and O–H groups in total. The van der Waals surface area contributed by atoms with E-state index in [1.54, 1.807) is 12.2 Å². The highest BCUT2D eigenvalue weighted by atomic mass is 32.2. The Bertz CT molecular complexity index is 1140. The molecule has 0 bridgehead atoms. The van der Waals surface area contributed by atoms with Crippen molar-refractivity contribution in [2.45, 2.75) is 52.9 Å². The van der Waals surface area contributed by atoms with Crippen molar-refractivity contribution in [3.8, 4) is 0 Å². The Labute approximate surface area is 193 Å². The van der Waals surface area contributed by atoms with Crippen LogP contribution < -0.4 is 0 Å². The highest BCUT2D eigenvalue weighted by Gasteiger charge is 2.30. The lowest BCUT2D eigenvalue weighted by Crippen LogP contribution is -2.28. The molecule has 2 aromatic rings. The van der Waals surface area contributed by atoms with Gasteiger partial charge in [-0.1, -0.05) is 90.1 Å². The molecule has 0 spiro atoms. The molecule has 1 unspecified atom stereocenters. The molecular formula is C28H34O3S. The molecule has 0 aromatic heterocycles. The summed E-state index contributed by atoms with van der Waals surface area (Å²) in [6, 6.07) is 16.0. The van der Waals surface area contributed by atoms with Gasteiger partial charge in [0.25, 0.3) is 0 Å². The molecule has 1 aliphatic rings. The smallest absolute Gasteiger partial charge is 0.187 e. The van der Waals surface area contributed by atoms with Crippen LogP contribution in [0.1, 0.15) is 69.7 Å². The standard InChI is InChI=1S/C28H34O3S/c1-19(2)20(3)23-11-7-21(8-12-23)15-24-17-32(30,31)18-25(27(24)29)16-22-9-13-26(14-10-22)28(4,5)6/h7-16,19-20H,17-18H2,1-6H3/b24-15+,25-16+. The van der Waals surface area contributed by atoms with Gasteiger partial charge >= 0.3 is 0 Å². The first-order valence-corrected chi connectivity index (χ1v) is 13.0. The topological polar surface area (TPSA) is 51.2 Å². The molecule has 170 valence electrons. The Hall–Kier alpha value is -2.46. The van der Waals surface area contributed by atoms with Crippen LogP contribution in [0.3, 0.4) is 0 Å². The van der Waals surface area contributed by atoms with Gasteiger partial charge in [-0.05, 0) is 51.7 Å². The summed E-state index contributed by atoms with van der Waals surface area (Å²) in [6.45, 7) is 13.0. The summed E-state index contributed by atoms with van der Waals surface area (Å²) in [5.74, 6) is 0.368. The molecule has 4 heteroatoms. The number of Topliss-reactive ketones (excluding diaryl/α,β-unsaturated/α-hetero) is 1. The van der Waals surface area contributed by atoms with Gasteiger partial charge in [0, 0.05) is 11.1 Å². The first-order chi connectivity index (χ1) is 14.9. The van der Waals surface area contributed by atoms with Gasteiger partial charge in [-0.3, -0.25) is 4.79 Å². The zero-order chi connectivity index (χ0) is 23.7. The van der Waals surface area contributed by atoms with E-state index in [-0.39, 0.29) is 22.7 Å². The van der Waals surface area contributed by atoms with Gasteiger partial charge in [0.1, 0.15) is 0 Å². The average molecular weight is 451 g/mol. The third kappa shape index (κ3) is 5.86. The van der Waals surface area contributed by atoms with Crippen LogP contribution in [-0.4, -0.2) is 25.7 Å². The van der Waals surface area contributed by atoms with Crippen molar-refractivity contribution in [1.82, 2.24) is 0 Å². The SMILES string of the molecule is CC(C)C(C)c1ccc(/C=C2\CS(=O)(=O)C/C(=C\c3ccc(C(C)(C)C)cc3)C2=O)cc1. The van der Waals surface area contributed by atoms with Crippen LogP contribution in [0.4, 0.5) is 0 Å². The van der Waals surface area contributed by atoms with E-state index in [4.69, 9.17) is 0 Å². The minimum Gasteiger partial charge on any atom is -0.289 e. The second-order valence-electron chi connectivity index (χ2n) is 10.3. The Morgan fingerprint density at radius 3 is 1.62 bits per heavy atom. The second kappa shape index (κ2) is 9.19. The first kappa shape index (κ1) is 24.2. The van der Waals surface area contributed by atoms with E-state index in [2.05, 4.69) is 53.7 Å². The van der Waals surface area contributed by atoms with Gasteiger partial charge in [-0.2, -0.15) is 0 Å². The number of ketones is 1. The van der Waals surface area contributed by atoms with Gasteiger partial charge < -0.3 is 0 Å². The number of rotatable bonds is 4. The van der Waals surface area contributed by atoms with Crippen LogP contribution in [0, 0.1) is 5.92 Å². The van der Waals surface area contributed by atoms with Gasteiger partial charge in [0.2, 0.25) is 0 Å². The predicted molar refractivity (Wildman–Crippen MR) is 134 cm³/mol. The van der Waals surface area contributed by atoms with E-state index in [0.717, 1.165) is 11.1 Å². The molecule has 0 saturated carbocycles. The van der Waals surface area contributed by atoms with Gasteiger partial charge in [0.15, 0.2) is 15.6 Å². The fourth-order valence-electron chi connectivity index (χ4n) is 3.84. The summed E-state index contributed by atoms with van der Waals surface area (Å²) in [6.07, 6.45) is 3.44. The minimum absolute atomic E-state index is 0.0358. The van der Waals surface area contributed by atoms with E-state index in [0.29, 0.717) is 23.0 Å². The molecule has 1 aliphatic heterocycles. The fourth-order valence-corrected chi connectivity index (χ4v) is 5.32. The third-order valence-electron chi connectivity index (χ3n) is 6.25. The minimum atomic E-state index is -3.38. The Morgan fingerprint density at radius 2 is 1.22 bits per heavy atom. The Balaban J connectivity index is 1.90. The van der Waals surface area contributed by atoms with E-state index in [9.17, 15) is 13.2 Å². The molecule has 0 aliphatic carbocycles. The highest BCUT2D eigenvalue weighted by molar-refractivity contribution is 7.92. The second-order valence-corrected chi connectivity index (χ2v) is 12.3. The Morgan fingerprint density at radius 1 is 0.781 bits per heavy atom. The first-order valence-electron chi connectivity index (χ1n) is 11.2. The fraction of sp³-hybridized carbons (Fsp3) is 0.393. The van der Waals surface area contributed by atoms with E-state index in [1.165, 1.54) is 11.1 Å². The zero-order valence-corrected chi connectivity index (χ0v) is 20.8. The van der Waals surface area contributed by atoms with Gasteiger partial charge in [-0.15, -0.1) is 0 Å². The number of hydrogen-bond donors (Lipinski definition) is 0. The predicted octanol–water partition coefficient (Wildman–Crippen LogP) is 6.21. The van der Waals surface area contributed by atoms with Crippen molar-refractivity contribution in [1.29, 1.82) is 0 Å². The number of hydrogen-bond acceptors (Lipinski definition) is 3. The van der Waals surface area contributed by atoms with E-state index < -0.39 is 9.84 Å². The highest BCUT2D eigenvalue weighted by Crippen LogP contribution is 2.27. The molecule has 1 atom stereocenters. The molecule has 3 rings (SSSR count). The van der Waals surface area contributed by atoms with Crippen LogP contribution in [-0.2, 0) is 20.0 Å². The van der Waals surface area contributed by atoms with Gasteiger partial charge in [-0.25, -0.2) is 8.42 Å². The average Bonchev–Trinajstić information content (AvgIpc) is 2.71. The number of carbonyl (C=O) groups is 1. The zero-order valence-electron chi connectivity index (χ0n) is 20.0. The summed E-state index contributed by atoms with van der Waals surface area (Å²) in [7, 11) is -3.38. The maximum atomic E-state index is 13.1. The molecule has 1 saturated heterocycles. The summed E-state index contributed by atoms with van der Waals surface area (Å²) < 4.78 is 25.1. The van der Waals surface area contributed by atoms with Crippen molar-refractivity contribution in [3.05, 3.63) is 81.9 Å². The normalized spacial score (nSPS) is 20.2. The maximum Gasteiger partial charge on any atom is 0.187 e. The van der Waals surface area contributed by atoms with E-state index >= 15 is 0 Å². The lowest BCUT2D eigenvalue weighted by Gasteiger charge is -2.19. The van der Waals surface area contributed by atoms with E-state index in [1.807, 2.05) is 36.4 Å². The van der Waals surface area contributed by atoms with Crippen LogP contribution >= 0.6 is 0 Å². The van der Waals surface area contributed by atoms with Crippen molar-refractivity contribution in [3.63, 3.8) is 0 Å². The molecule has 1 heterocycles. The van der Waals surface area contributed by atoms with Crippen molar-refractivity contribution in [2.75, 3.05) is 11.5 Å². The molecule has 32 heavy (non-hydrogen) atoms. The largest absolute Gasteiger partial charge is 0.289 e. The summed E-state index contributed by atoms with van der Waals surface area (Å²) >= 11 is 0. The molecule has 0 radical (unpaired) electrons. The molecular weight excluding hydrogens is 416 g/mol.